The van der Waals surface area contributed by atoms with E-state index in [0.29, 0.717) is 32.3 Å². The van der Waals surface area contributed by atoms with Gasteiger partial charge in [-0.25, -0.2) is 9.18 Å². The van der Waals surface area contributed by atoms with Crippen molar-refractivity contribution in [1.29, 1.82) is 0 Å². The van der Waals surface area contributed by atoms with Crippen LogP contribution < -0.4 is 16.0 Å². The minimum atomic E-state index is -0.720. The van der Waals surface area contributed by atoms with Crippen molar-refractivity contribution in [3.8, 4) is 11.1 Å². The highest BCUT2D eigenvalue weighted by molar-refractivity contribution is 8.00. The lowest BCUT2D eigenvalue weighted by molar-refractivity contribution is -0.114. The number of hydrogen-bond donors (Lipinski definition) is 3. The van der Waals surface area contributed by atoms with Crippen LogP contribution in [0.5, 0.6) is 0 Å². The molecule has 3 amide bonds. The number of halogens is 2. The number of carbonyl (C=O) groups excluding carboxylic acids is 4. The molecule has 4 aromatic carbocycles. The van der Waals surface area contributed by atoms with Crippen molar-refractivity contribution < 1.29 is 28.3 Å². The Morgan fingerprint density at radius 1 is 0.920 bits per heavy atom. The van der Waals surface area contributed by atoms with Gasteiger partial charge in [0.25, 0.3) is 11.8 Å². The summed E-state index contributed by atoms with van der Waals surface area (Å²) in [4.78, 5) is 53.1. The summed E-state index contributed by atoms with van der Waals surface area (Å²) in [6, 6.07) is 26.9. The molecule has 50 heavy (non-hydrogen) atoms. The highest BCUT2D eigenvalue weighted by atomic mass is 35.5. The Labute approximate surface area is 301 Å². The van der Waals surface area contributed by atoms with Crippen molar-refractivity contribution >= 4 is 75.2 Å². The molecule has 1 heterocycles. The lowest BCUT2D eigenvalue weighted by Crippen LogP contribution is -2.30. The van der Waals surface area contributed by atoms with Crippen LogP contribution in [0.3, 0.4) is 0 Å². The first kappa shape index (κ1) is 36.1. The molecule has 0 saturated heterocycles. The number of hydrogen-bond acceptors (Lipinski definition) is 7. The van der Waals surface area contributed by atoms with Crippen molar-refractivity contribution in [2.45, 2.75) is 18.7 Å². The fraction of sp³-hybridized carbons (Fsp3) is 0.105. The molecule has 3 N–H and O–H groups in total. The van der Waals surface area contributed by atoms with Crippen LogP contribution in [0.4, 0.5) is 15.1 Å². The number of benzene rings is 4. The monoisotopic (exact) mass is 727 g/mol. The Morgan fingerprint density at radius 2 is 1.66 bits per heavy atom. The average Bonchev–Trinajstić information content (AvgIpc) is 3.52. The standard InChI is InChI=1S/C38H31ClFN3O5S2/c1-3-48-38(47)34-29(24-17-15-23(2)16-18-24)21-50-37(34)43-33(44)22-49-27-12-7-11-26(19-27)41-36(46)32(20-28-30(39)13-8-14-31(28)40)42-35(45)25-9-5-4-6-10-25/h4-21H,3,22H2,1-2H3,(H,41,46)(H,42,45)(H,43,44)/b32-20+. The van der Waals surface area contributed by atoms with Gasteiger partial charge in [0, 0.05) is 32.7 Å². The second-order valence-electron chi connectivity index (χ2n) is 10.8. The topological polar surface area (TPSA) is 114 Å². The van der Waals surface area contributed by atoms with Crippen molar-refractivity contribution in [1.82, 2.24) is 5.32 Å². The Balaban J connectivity index is 1.29. The van der Waals surface area contributed by atoms with Crippen LogP contribution in [0.25, 0.3) is 17.2 Å². The number of carbonyl (C=O) groups is 4. The van der Waals surface area contributed by atoms with Gasteiger partial charge in [0.1, 0.15) is 22.1 Å². The summed E-state index contributed by atoms with van der Waals surface area (Å²) in [5.74, 6) is -2.83. The molecule has 5 rings (SSSR count). The van der Waals surface area contributed by atoms with E-state index in [-0.39, 0.29) is 34.6 Å². The third-order valence-electron chi connectivity index (χ3n) is 7.17. The Kier molecular flexibility index (Phi) is 12.2. The van der Waals surface area contributed by atoms with Gasteiger partial charge in [0.2, 0.25) is 5.91 Å². The molecule has 12 heteroatoms. The van der Waals surface area contributed by atoms with Gasteiger partial charge in [-0.3, -0.25) is 14.4 Å². The highest BCUT2D eigenvalue weighted by Crippen LogP contribution is 2.36. The van der Waals surface area contributed by atoms with E-state index in [1.54, 1.807) is 61.5 Å². The van der Waals surface area contributed by atoms with E-state index < -0.39 is 23.6 Å². The van der Waals surface area contributed by atoms with Crippen molar-refractivity contribution in [2.75, 3.05) is 23.0 Å². The van der Waals surface area contributed by atoms with Crippen LogP contribution in [-0.4, -0.2) is 36.1 Å². The first-order chi connectivity index (χ1) is 24.1. The fourth-order valence-electron chi connectivity index (χ4n) is 4.71. The van der Waals surface area contributed by atoms with Gasteiger partial charge < -0.3 is 20.7 Å². The molecule has 0 bridgehead atoms. The molecular formula is C38H31ClFN3O5S2. The first-order valence-electron chi connectivity index (χ1n) is 15.3. The molecule has 8 nitrogen and oxygen atoms in total. The summed E-state index contributed by atoms with van der Waals surface area (Å²) in [7, 11) is 0. The lowest BCUT2D eigenvalue weighted by Gasteiger charge is -2.13. The molecule has 0 aliphatic heterocycles. The molecule has 254 valence electrons. The summed E-state index contributed by atoms with van der Waals surface area (Å²) in [6.45, 7) is 3.88. The van der Waals surface area contributed by atoms with Crippen molar-refractivity contribution in [2.24, 2.45) is 0 Å². The van der Waals surface area contributed by atoms with Crippen LogP contribution in [0, 0.1) is 12.7 Å². The highest BCUT2D eigenvalue weighted by Gasteiger charge is 2.23. The summed E-state index contributed by atoms with van der Waals surface area (Å²) in [5, 5.41) is 10.4. The molecule has 0 spiro atoms. The Hall–Kier alpha value is -5.23. The van der Waals surface area contributed by atoms with E-state index >= 15 is 0 Å². The number of nitrogens with one attached hydrogen (secondary N) is 3. The van der Waals surface area contributed by atoms with Crippen molar-refractivity contribution in [3.05, 3.63) is 141 Å². The van der Waals surface area contributed by atoms with Gasteiger partial charge >= 0.3 is 5.97 Å². The van der Waals surface area contributed by atoms with Gasteiger partial charge in [0.15, 0.2) is 0 Å². The van der Waals surface area contributed by atoms with E-state index in [0.717, 1.165) is 11.1 Å². The molecule has 0 aliphatic rings. The zero-order valence-electron chi connectivity index (χ0n) is 26.9. The molecule has 0 radical (unpaired) electrons. The summed E-state index contributed by atoms with van der Waals surface area (Å²) in [5.41, 5.74) is 3.24. The maximum absolute atomic E-state index is 14.7. The molecule has 0 atom stereocenters. The zero-order valence-corrected chi connectivity index (χ0v) is 29.3. The number of ether oxygens (including phenoxy) is 1. The predicted molar refractivity (Wildman–Crippen MR) is 198 cm³/mol. The second kappa shape index (κ2) is 16.9. The number of amides is 3. The summed E-state index contributed by atoms with van der Waals surface area (Å²) >= 11 is 8.66. The van der Waals surface area contributed by atoms with Crippen molar-refractivity contribution in [3.63, 3.8) is 0 Å². The number of rotatable bonds is 12. The van der Waals surface area contributed by atoms with Gasteiger partial charge in [-0.15, -0.1) is 23.1 Å². The van der Waals surface area contributed by atoms with E-state index in [9.17, 15) is 23.6 Å². The zero-order chi connectivity index (χ0) is 35.6. The molecule has 0 unspecified atom stereocenters. The number of thiophene rings is 1. The Morgan fingerprint density at radius 3 is 2.38 bits per heavy atom. The molecule has 5 aromatic rings. The third-order valence-corrected chi connectivity index (χ3v) is 9.38. The minimum absolute atomic E-state index is 0.00149. The minimum Gasteiger partial charge on any atom is -0.462 e. The van der Waals surface area contributed by atoms with E-state index in [4.69, 9.17) is 16.3 Å². The third kappa shape index (κ3) is 9.26. The molecule has 1 aromatic heterocycles. The maximum atomic E-state index is 14.7. The number of thioether (sulfide) groups is 1. The first-order valence-corrected chi connectivity index (χ1v) is 17.6. The SMILES string of the molecule is CCOC(=O)c1c(-c2ccc(C)cc2)csc1NC(=O)CSc1cccc(NC(=O)/C(=C\c2c(F)cccc2Cl)NC(=O)c2ccccc2)c1. The average molecular weight is 728 g/mol. The van der Waals surface area contributed by atoms with Crippen LogP contribution in [0.15, 0.2) is 113 Å². The molecular weight excluding hydrogens is 697 g/mol. The molecule has 0 aliphatic carbocycles. The van der Waals surface area contributed by atoms with Gasteiger partial charge in [-0.1, -0.05) is 71.8 Å². The number of aryl methyl sites for hydroxylation is 1. The lowest BCUT2D eigenvalue weighted by atomic mass is 10.0. The largest absolute Gasteiger partial charge is 0.462 e. The fourth-order valence-corrected chi connectivity index (χ4v) is 6.66. The summed E-state index contributed by atoms with van der Waals surface area (Å²) in [6.07, 6.45) is 1.18. The predicted octanol–water partition coefficient (Wildman–Crippen LogP) is 8.83. The van der Waals surface area contributed by atoms with Crippen LogP contribution in [0.1, 0.15) is 38.8 Å². The maximum Gasteiger partial charge on any atom is 0.341 e. The second-order valence-corrected chi connectivity index (χ2v) is 13.1. The van der Waals surface area contributed by atoms with Gasteiger partial charge in [0.05, 0.1) is 17.4 Å². The van der Waals surface area contributed by atoms with E-state index in [1.807, 2.05) is 36.6 Å². The van der Waals surface area contributed by atoms with E-state index in [1.165, 1.54) is 47.4 Å². The van der Waals surface area contributed by atoms with Gasteiger partial charge in [-0.05, 0) is 68.0 Å². The van der Waals surface area contributed by atoms with Crippen LogP contribution in [-0.2, 0) is 14.3 Å². The number of esters is 1. The smallest absolute Gasteiger partial charge is 0.341 e. The van der Waals surface area contributed by atoms with Gasteiger partial charge in [-0.2, -0.15) is 0 Å². The quantitative estimate of drug-likeness (QED) is 0.0673. The van der Waals surface area contributed by atoms with Crippen LogP contribution in [0.2, 0.25) is 5.02 Å². The Bertz CT molecular complexity index is 2050. The number of anilines is 2. The molecule has 0 saturated carbocycles. The van der Waals surface area contributed by atoms with Crippen LogP contribution >= 0.6 is 34.7 Å². The van der Waals surface area contributed by atoms with E-state index in [2.05, 4.69) is 16.0 Å². The normalized spacial score (nSPS) is 11.1. The summed E-state index contributed by atoms with van der Waals surface area (Å²) < 4.78 is 20.0. The molecule has 0 fully saturated rings.